The standard InChI is InChI=1S/C4H9NO.C4H10O/c1-3-4(2)5-6;1-4(2,3)5/h6H,3H2,1-2H3;5H,1-3H3/b5-4-;. The third-order valence-electron chi connectivity index (χ3n) is 0.682. The molecule has 0 heterocycles. The van der Waals surface area contributed by atoms with Gasteiger partial charge in [-0.05, 0) is 34.1 Å². The second kappa shape index (κ2) is 6.16. The maximum atomic E-state index is 8.52. The van der Waals surface area contributed by atoms with E-state index in [0.717, 1.165) is 12.1 Å². The van der Waals surface area contributed by atoms with Crippen molar-refractivity contribution in [2.45, 2.75) is 46.6 Å². The number of hydrogen-bond acceptors (Lipinski definition) is 3. The smallest absolute Gasteiger partial charge is 0.0563 e. The summed E-state index contributed by atoms with van der Waals surface area (Å²) in [6, 6.07) is 0. The zero-order valence-corrected chi connectivity index (χ0v) is 8.05. The van der Waals surface area contributed by atoms with Gasteiger partial charge in [0, 0.05) is 0 Å². The molecule has 0 aliphatic rings. The van der Waals surface area contributed by atoms with Crippen molar-refractivity contribution in [3.63, 3.8) is 0 Å². The zero-order valence-electron chi connectivity index (χ0n) is 8.05. The first-order valence-corrected chi connectivity index (χ1v) is 3.71. The summed E-state index contributed by atoms with van der Waals surface area (Å²) in [5.41, 5.74) is 0.273. The molecule has 0 atom stereocenters. The fraction of sp³-hybridized carbons (Fsp3) is 0.875. The van der Waals surface area contributed by atoms with Gasteiger partial charge in [-0.1, -0.05) is 12.1 Å². The molecule has 0 aromatic heterocycles. The maximum absolute atomic E-state index is 8.52. The molecule has 0 bridgehead atoms. The number of oxime groups is 1. The molecule has 0 aromatic carbocycles. The Balaban J connectivity index is 0. The van der Waals surface area contributed by atoms with E-state index in [9.17, 15) is 0 Å². The van der Waals surface area contributed by atoms with Crippen molar-refractivity contribution in [2.24, 2.45) is 5.16 Å². The first kappa shape index (κ1) is 13.1. The van der Waals surface area contributed by atoms with Crippen LogP contribution in [0.3, 0.4) is 0 Å². The molecule has 11 heavy (non-hydrogen) atoms. The summed E-state index contributed by atoms with van der Waals surface area (Å²) in [5, 5.41) is 19.4. The molecule has 0 spiro atoms. The highest BCUT2D eigenvalue weighted by Gasteiger charge is 1.97. The van der Waals surface area contributed by atoms with Gasteiger partial charge in [0.25, 0.3) is 0 Å². The van der Waals surface area contributed by atoms with E-state index in [4.69, 9.17) is 10.3 Å². The molecule has 0 fully saturated rings. The van der Waals surface area contributed by atoms with Crippen LogP contribution in [0.5, 0.6) is 0 Å². The van der Waals surface area contributed by atoms with Gasteiger partial charge in [-0.2, -0.15) is 0 Å². The summed E-state index contributed by atoms with van der Waals surface area (Å²) >= 11 is 0. The Bertz CT molecular complexity index is 108. The predicted octanol–water partition coefficient (Wildman–Crippen LogP) is 2.02. The fourth-order valence-electron chi connectivity index (χ4n) is 0.0707. The summed E-state index contributed by atoms with van der Waals surface area (Å²) < 4.78 is 0. The van der Waals surface area contributed by atoms with E-state index >= 15 is 0 Å². The van der Waals surface area contributed by atoms with Crippen molar-refractivity contribution in [1.29, 1.82) is 0 Å². The Hall–Kier alpha value is -0.570. The fourth-order valence-corrected chi connectivity index (χ4v) is 0.0707. The molecular formula is C8H19NO2. The van der Waals surface area contributed by atoms with Crippen LogP contribution in [-0.2, 0) is 0 Å². The number of rotatable bonds is 1. The first-order chi connectivity index (χ1) is 4.81. The molecule has 0 saturated heterocycles. The van der Waals surface area contributed by atoms with Gasteiger partial charge in [0.15, 0.2) is 0 Å². The van der Waals surface area contributed by atoms with Crippen LogP contribution in [0.15, 0.2) is 5.16 Å². The van der Waals surface area contributed by atoms with Gasteiger partial charge in [-0.25, -0.2) is 0 Å². The van der Waals surface area contributed by atoms with E-state index < -0.39 is 5.60 Å². The van der Waals surface area contributed by atoms with Gasteiger partial charge in [-0.3, -0.25) is 0 Å². The van der Waals surface area contributed by atoms with Crippen LogP contribution in [0.25, 0.3) is 0 Å². The molecule has 2 N–H and O–H groups in total. The van der Waals surface area contributed by atoms with Crippen molar-refractivity contribution in [2.75, 3.05) is 0 Å². The van der Waals surface area contributed by atoms with Crippen LogP contribution in [0.1, 0.15) is 41.0 Å². The van der Waals surface area contributed by atoms with Crippen molar-refractivity contribution in [1.82, 2.24) is 0 Å². The van der Waals surface area contributed by atoms with Gasteiger partial charge < -0.3 is 10.3 Å². The first-order valence-electron chi connectivity index (χ1n) is 3.71. The topological polar surface area (TPSA) is 52.8 Å². The second-order valence-electron chi connectivity index (χ2n) is 3.36. The number of nitrogens with zero attached hydrogens (tertiary/aromatic N) is 1. The van der Waals surface area contributed by atoms with Crippen molar-refractivity contribution in [3.8, 4) is 0 Å². The maximum Gasteiger partial charge on any atom is 0.0563 e. The lowest BCUT2D eigenvalue weighted by atomic mass is 10.2. The normalized spacial score (nSPS) is 12.0. The Morgan fingerprint density at radius 2 is 1.64 bits per heavy atom. The molecule has 3 nitrogen and oxygen atoms in total. The lowest BCUT2D eigenvalue weighted by Crippen LogP contribution is -2.10. The summed E-state index contributed by atoms with van der Waals surface area (Å²) in [6.45, 7) is 8.95. The monoisotopic (exact) mass is 161 g/mol. The Morgan fingerprint density at radius 3 is 1.64 bits per heavy atom. The Labute approximate surface area is 68.7 Å². The van der Waals surface area contributed by atoms with Gasteiger partial charge in [-0.15, -0.1) is 0 Å². The minimum atomic E-state index is -0.500. The molecule has 0 unspecified atom stereocenters. The highest BCUT2D eigenvalue weighted by Crippen LogP contribution is 1.93. The van der Waals surface area contributed by atoms with E-state index in [2.05, 4.69) is 5.16 Å². The molecule has 0 rings (SSSR count). The minimum absolute atomic E-state index is 0.500. The van der Waals surface area contributed by atoms with Gasteiger partial charge in [0.05, 0.1) is 11.3 Å². The van der Waals surface area contributed by atoms with Gasteiger partial charge in [0.2, 0.25) is 0 Å². The molecule has 0 amide bonds. The van der Waals surface area contributed by atoms with Crippen LogP contribution < -0.4 is 0 Å². The summed E-state index contributed by atoms with van der Waals surface area (Å²) in [4.78, 5) is 0. The van der Waals surface area contributed by atoms with Crippen molar-refractivity contribution < 1.29 is 10.3 Å². The molecule has 0 aliphatic heterocycles. The van der Waals surface area contributed by atoms with E-state index in [1.165, 1.54) is 0 Å². The largest absolute Gasteiger partial charge is 0.411 e. The van der Waals surface area contributed by atoms with Crippen LogP contribution in [0, 0.1) is 0 Å². The van der Waals surface area contributed by atoms with E-state index in [1.807, 2.05) is 6.92 Å². The lowest BCUT2D eigenvalue weighted by Gasteiger charge is -2.04. The quantitative estimate of drug-likeness (QED) is 0.351. The molecule has 0 saturated carbocycles. The molecule has 3 heteroatoms. The average molecular weight is 161 g/mol. The highest BCUT2D eigenvalue weighted by molar-refractivity contribution is 5.80. The molecular weight excluding hydrogens is 142 g/mol. The SMILES string of the molecule is CC(C)(C)O.CC/C(C)=N\O. The van der Waals surface area contributed by atoms with E-state index in [0.29, 0.717) is 0 Å². The third kappa shape index (κ3) is 44.2. The van der Waals surface area contributed by atoms with Crippen molar-refractivity contribution in [3.05, 3.63) is 0 Å². The van der Waals surface area contributed by atoms with Crippen molar-refractivity contribution >= 4 is 5.71 Å². The van der Waals surface area contributed by atoms with Crippen LogP contribution in [0.4, 0.5) is 0 Å². The zero-order chi connectivity index (χ0) is 9.49. The summed E-state index contributed by atoms with van der Waals surface area (Å²) in [6.07, 6.45) is 0.830. The minimum Gasteiger partial charge on any atom is -0.411 e. The van der Waals surface area contributed by atoms with E-state index in [-0.39, 0.29) is 0 Å². The molecule has 0 aliphatic carbocycles. The average Bonchev–Trinajstić information content (AvgIpc) is 1.83. The Morgan fingerprint density at radius 1 is 1.36 bits per heavy atom. The molecule has 68 valence electrons. The highest BCUT2D eigenvalue weighted by atomic mass is 16.4. The van der Waals surface area contributed by atoms with Crippen LogP contribution in [0.2, 0.25) is 0 Å². The molecule has 0 aromatic rings. The number of hydrogen-bond donors (Lipinski definition) is 2. The van der Waals surface area contributed by atoms with Gasteiger partial charge >= 0.3 is 0 Å². The second-order valence-corrected chi connectivity index (χ2v) is 3.36. The van der Waals surface area contributed by atoms with Gasteiger partial charge in [0.1, 0.15) is 0 Å². The third-order valence-corrected chi connectivity index (χ3v) is 0.682. The van der Waals surface area contributed by atoms with E-state index in [1.54, 1.807) is 27.7 Å². The predicted molar refractivity (Wildman–Crippen MR) is 47.2 cm³/mol. The number of aliphatic hydroxyl groups is 1. The summed E-state index contributed by atoms with van der Waals surface area (Å²) in [7, 11) is 0. The summed E-state index contributed by atoms with van der Waals surface area (Å²) in [5.74, 6) is 0. The Kier molecular flexibility index (Phi) is 7.31. The van der Waals surface area contributed by atoms with Crippen LogP contribution >= 0.6 is 0 Å². The van der Waals surface area contributed by atoms with Crippen LogP contribution in [-0.4, -0.2) is 21.6 Å². The lowest BCUT2D eigenvalue weighted by molar-refractivity contribution is 0.102. The molecule has 0 radical (unpaired) electrons.